The number of carbonyl (C=O) groups excluding carboxylic acids is 1. The largest absolute Gasteiger partial charge is 0.481 e. The van der Waals surface area contributed by atoms with Crippen LogP contribution in [0.3, 0.4) is 0 Å². The summed E-state index contributed by atoms with van der Waals surface area (Å²) < 4.78 is 1.87. The van der Waals surface area contributed by atoms with E-state index >= 15 is 0 Å². The molecule has 0 saturated carbocycles. The number of carboxylic acids is 1. The highest BCUT2D eigenvalue weighted by Gasteiger charge is 2.11. The number of hydrogen-bond donors (Lipinski definition) is 2. The number of nitrogens with zero attached hydrogens (tertiary/aromatic N) is 2. The number of pyridine rings is 1. The Morgan fingerprint density at radius 1 is 1.43 bits per heavy atom. The average Bonchev–Trinajstić information content (AvgIpc) is 2.85. The molecule has 0 aliphatic rings. The third-order valence-corrected chi connectivity index (χ3v) is 3.31. The van der Waals surface area contributed by atoms with Gasteiger partial charge in [0.1, 0.15) is 5.65 Å². The fourth-order valence-corrected chi connectivity index (χ4v) is 2.06. The SMILES string of the molecule is CC(CCCNC(=O)Cc1cn2ccccc2n1)C(=O)O. The first-order valence-electron chi connectivity index (χ1n) is 6.98. The van der Waals surface area contributed by atoms with Gasteiger partial charge in [0, 0.05) is 18.9 Å². The van der Waals surface area contributed by atoms with E-state index in [2.05, 4.69) is 10.3 Å². The van der Waals surface area contributed by atoms with Crippen LogP contribution >= 0.6 is 0 Å². The molecule has 2 rings (SSSR count). The Kier molecular flexibility index (Phi) is 4.92. The Morgan fingerprint density at radius 2 is 2.24 bits per heavy atom. The molecule has 6 heteroatoms. The van der Waals surface area contributed by atoms with E-state index in [4.69, 9.17) is 5.11 Å². The molecule has 2 aromatic heterocycles. The molecule has 0 bridgehead atoms. The Labute approximate surface area is 122 Å². The van der Waals surface area contributed by atoms with Crippen LogP contribution in [0.25, 0.3) is 5.65 Å². The first-order valence-corrected chi connectivity index (χ1v) is 6.98. The highest BCUT2D eigenvalue weighted by Crippen LogP contribution is 2.06. The summed E-state index contributed by atoms with van der Waals surface area (Å²) in [4.78, 5) is 26.8. The number of rotatable bonds is 7. The van der Waals surface area contributed by atoms with Gasteiger partial charge >= 0.3 is 5.97 Å². The molecule has 0 fully saturated rings. The molecule has 2 aromatic rings. The van der Waals surface area contributed by atoms with Gasteiger partial charge in [-0.3, -0.25) is 9.59 Å². The summed E-state index contributed by atoms with van der Waals surface area (Å²) in [7, 11) is 0. The maximum atomic E-state index is 11.8. The van der Waals surface area contributed by atoms with Gasteiger partial charge in [0.05, 0.1) is 18.0 Å². The summed E-state index contributed by atoms with van der Waals surface area (Å²) in [6.45, 7) is 2.16. The van der Waals surface area contributed by atoms with Gasteiger partial charge in [-0.05, 0) is 25.0 Å². The molecule has 2 N–H and O–H groups in total. The fourth-order valence-electron chi connectivity index (χ4n) is 2.06. The molecule has 0 aliphatic carbocycles. The standard InChI is InChI=1S/C15H19N3O3/c1-11(15(20)21)5-4-7-16-14(19)9-12-10-18-8-3-2-6-13(18)17-12/h2-3,6,8,10-11H,4-5,7,9H2,1H3,(H,16,19)(H,20,21). The van der Waals surface area contributed by atoms with Gasteiger partial charge in [0.25, 0.3) is 0 Å². The van der Waals surface area contributed by atoms with Crippen molar-refractivity contribution >= 4 is 17.5 Å². The average molecular weight is 289 g/mol. The Hall–Kier alpha value is -2.37. The van der Waals surface area contributed by atoms with E-state index in [1.54, 1.807) is 6.92 Å². The highest BCUT2D eigenvalue weighted by atomic mass is 16.4. The fraction of sp³-hybridized carbons (Fsp3) is 0.400. The van der Waals surface area contributed by atoms with Crippen molar-refractivity contribution in [2.75, 3.05) is 6.54 Å². The molecule has 0 aliphatic heterocycles. The van der Waals surface area contributed by atoms with Gasteiger partial charge in [-0.25, -0.2) is 4.98 Å². The maximum absolute atomic E-state index is 11.8. The number of nitrogens with one attached hydrogen (secondary N) is 1. The Morgan fingerprint density at radius 3 is 2.95 bits per heavy atom. The first kappa shape index (κ1) is 15.0. The molecule has 1 unspecified atom stereocenters. The van der Waals surface area contributed by atoms with Crippen LogP contribution < -0.4 is 5.32 Å². The van der Waals surface area contributed by atoms with Crippen molar-refractivity contribution in [3.63, 3.8) is 0 Å². The van der Waals surface area contributed by atoms with Crippen LogP contribution in [0.4, 0.5) is 0 Å². The minimum Gasteiger partial charge on any atom is -0.481 e. The lowest BCUT2D eigenvalue weighted by molar-refractivity contribution is -0.141. The molecule has 1 amide bonds. The lowest BCUT2D eigenvalue weighted by Crippen LogP contribution is -2.26. The number of carbonyl (C=O) groups is 2. The second-order valence-electron chi connectivity index (χ2n) is 5.11. The number of carboxylic acid groups (broad SMARTS) is 1. The van der Waals surface area contributed by atoms with Crippen LogP contribution in [-0.2, 0) is 16.0 Å². The zero-order chi connectivity index (χ0) is 15.2. The molecule has 0 aromatic carbocycles. The summed E-state index contributed by atoms with van der Waals surface area (Å²) in [5.41, 5.74) is 1.54. The minimum absolute atomic E-state index is 0.0959. The van der Waals surface area contributed by atoms with Crippen molar-refractivity contribution in [2.45, 2.75) is 26.2 Å². The second kappa shape index (κ2) is 6.88. The third-order valence-electron chi connectivity index (χ3n) is 3.31. The summed E-state index contributed by atoms with van der Waals surface area (Å²) in [6, 6.07) is 5.69. The number of aromatic nitrogens is 2. The van der Waals surface area contributed by atoms with Gasteiger partial charge in [-0.1, -0.05) is 13.0 Å². The molecule has 2 heterocycles. The number of imidazole rings is 1. The minimum atomic E-state index is -0.800. The summed E-state index contributed by atoms with van der Waals surface area (Å²) in [5, 5.41) is 11.5. The number of hydrogen-bond acceptors (Lipinski definition) is 3. The summed E-state index contributed by atoms with van der Waals surface area (Å²) in [5.74, 6) is -1.27. The van der Waals surface area contributed by atoms with Crippen LogP contribution in [-0.4, -0.2) is 32.9 Å². The predicted molar refractivity (Wildman–Crippen MR) is 77.9 cm³/mol. The van der Waals surface area contributed by atoms with E-state index in [0.717, 1.165) is 11.3 Å². The number of fused-ring (bicyclic) bond motifs is 1. The molecule has 1 atom stereocenters. The van der Waals surface area contributed by atoms with Crippen molar-refractivity contribution in [2.24, 2.45) is 5.92 Å². The molecular weight excluding hydrogens is 270 g/mol. The van der Waals surface area contributed by atoms with Gasteiger partial charge in [0.15, 0.2) is 0 Å². The first-order chi connectivity index (χ1) is 10.1. The van der Waals surface area contributed by atoms with E-state index in [1.807, 2.05) is 35.0 Å². The van der Waals surface area contributed by atoms with Crippen LogP contribution in [0, 0.1) is 5.92 Å². The summed E-state index contributed by atoms with van der Waals surface area (Å²) in [6.07, 6.45) is 5.17. The monoisotopic (exact) mass is 289 g/mol. The lowest BCUT2D eigenvalue weighted by atomic mass is 10.1. The van der Waals surface area contributed by atoms with E-state index in [-0.39, 0.29) is 18.2 Å². The molecule has 6 nitrogen and oxygen atoms in total. The molecule has 0 radical (unpaired) electrons. The van der Waals surface area contributed by atoms with Crippen LogP contribution in [0.2, 0.25) is 0 Å². The normalized spacial score (nSPS) is 12.2. The molecule has 0 saturated heterocycles. The van der Waals surface area contributed by atoms with Crippen LogP contribution in [0.1, 0.15) is 25.5 Å². The highest BCUT2D eigenvalue weighted by molar-refractivity contribution is 5.78. The lowest BCUT2D eigenvalue weighted by Gasteiger charge is -2.06. The molecule has 21 heavy (non-hydrogen) atoms. The van der Waals surface area contributed by atoms with Crippen LogP contribution in [0.5, 0.6) is 0 Å². The van der Waals surface area contributed by atoms with E-state index < -0.39 is 5.97 Å². The van der Waals surface area contributed by atoms with Crippen molar-refractivity contribution in [3.8, 4) is 0 Å². The van der Waals surface area contributed by atoms with E-state index in [9.17, 15) is 9.59 Å². The molecule has 112 valence electrons. The number of amides is 1. The van der Waals surface area contributed by atoms with Crippen LogP contribution in [0.15, 0.2) is 30.6 Å². The van der Waals surface area contributed by atoms with Gasteiger partial charge in [0.2, 0.25) is 5.91 Å². The maximum Gasteiger partial charge on any atom is 0.306 e. The van der Waals surface area contributed by atoms with Gasteiger partial charge in [-0.15, -0.1) is 0 Å². The molecule has 0 spiro atoms. The van der Waals surface area contributed by atoms with Crippen molar-refractivity contribution in [3.05, 3.63) is 36.3 Å². The zero-order valence-electron chi connectivity index (χ0n) is 12.0. The van der Waals surface area contributed by atoms with Gasteiger partial charge in [-0.2, -0.15) is 0 Å². The topological polar surface area (TPSA) is 83.7 Å². The van der Waals surface area contributed by atoms with Crippen molar-refractivity contribution in [1.82, 2.24) is 14.7 Å². The number of aliphatic carboxylic acids is 1. The second-order valence-corrected chi connectivity index (χ2v) is 5.11. The van der Waals surface area contributed by atoms with E-state index in [1.165, 1.54) is 0 Å². The quantitative estimate of drug-likeness (QED) is 0.756. The summed E-state index contributed by atoms with van der Waals surface area (Å²) >= 11 is 0. The zero-order valence-corrected chi connectivity index (χ0v) is 12.0. The Bertz CT molecular complexity index is 603. The smallest absolute Gasteiger partial charge is 0.306 e. The van der Waals surface area contributed by atoms with E-state index in [0.29, 0.717) is 19.4 Å². The van der Waals surface area contributed by atoms with Crippen molar-refractivity contribution < 1.29 is 14.7 Å². The predicted octanol–water partition coefficient (Wildman–Crippen LogP) is 1.49. The molecular formula is C15H19N3O3. The van der Waals surface area contributed by atoms with Gasteiger partial charge < -0.3 is 14.8 Å². The van der Waals surface area contributed by atoms with Crippen molar-refractivity contribution in [1.29, 1.82) is 0 Å². The third kappa shape index (κ3) is 4.30. The Balaban J connectivity index is 1.75.